The van der Waals surface area contributed by atoms with Crippen molar-refractivity contribution in [2.45, 2.75) is 26.7 Å². The van der Waals surface area contributed by atoms with Crippen LogP contribution in [0.25, 0.3) is 0 Å². The Bertz CT molecular complexity index is 614. The summed E-state index contributed by atoms with van der Waals surface area (Å²) in [6.45, 7) is 5.72. The van der Waals surface area contributed by atoms with Crippen LogP contribution in [0.1, 0.15) is 30.9 Å². The molecule has 1 N–H and O–H groups in total. The van der Waals surface area contributed by atoms with Crippen molar-refractivity contribution in [1.29, 1.82) is 0 Å². The molecule has 2 aromatic rings. The zero-order valence-electron chi connectivity index (χ0n) is 12.1. The lowest BCUT2D eigenvalue weighted by molar-refractivity contribution is 0.418. The summed E-state index contributed by atoms with van der Waals surface area (Å²) in [5, 5.41) is 3.00. The van der Waals surface area contributed by atoms with Crippen LogP contribution in [0.4, 0.5) is 10.2 Å². The summed E-state index contributed by atoms with van der Waals surface area (Å²) in [4.78, 5) is 8.30. The van der Waals surface area contributed by atoms with Gasteiger partial charge >= 0.3 is 0 Å². The highest BCUT2D eigenvalue weighted by Gasteiger charge is 2.17. The number of nitrogens with zero attached hydrogens (tertiary/aromatic N) is 2. The molecule has 0 saturated heterocycles. The van der Waals surface area contributed by atoms with Gasteiger partial charge in [0.15, 0.2) is 11.6 Å². The van der Waals surface area contributed by atoms with Crippen LogP contribution < -0.4 is 10.1 Å². The average molecular weight is 275 g/mol. The lowest BCUT2D eigenvalue weighted by atomic mass is 10.1. The third-order valence-electron chi connectivity index (χ3n) is 3.02. The molecule has 0 unspecified atom stereocenters. The smallest absolute Gasteiger partial charge is 0.228 e. The van der Waals surface area contributed by atoms with Gasteiger partial charge in [0.2, 0.25) is 5.88 Å². The van der Waals surface area contributed by atoms with Gasteiger partial charge in [0.25, 0.3) is 0 Å². The Kier molecular flexibility index (Phi) is 4.17. The first-order valence-corrected chi connectivity index (χ1v) is 6.50. The maximum atomic E-state index is 14.0. The molecule has 0 spiro atoms. The highest BCUT2D eigenvalue weighted by atomic mass is 19.1. The average Bonchev–Trinajstić information content (AvgIpc) is 2.43. The van der Waals surface area contributed by atoms with E-state index in [0.29, 0.717) is 17.3 Å². The first-order chi connectivity index (χ1) is 9.54. The maximum absolute atomic E-state index is 14.0. The lowest BCUT2D eigenvalue weighted by Crippen LogP contribution is -2.05. The predicted octanol–water partition coefficient (Wildman–Crippen LogP) is 3.88. The normalized spacial score (nSPS) is 10.7. The van der Waals surface area contributed by atoms with Gasteiger partial charge in [-0.05, 0) is 24.5 Å². The van der Waals surface area contributed by atoms with Gasteiger partial charge in [0.05, 0.1) is 5.56 Å². The highest BCUT2D eigenvalue weighted by Crippen LogP contribution is 2.33. The third kappa shape index (κ3) is 2.71. The molecule has 1 heterocycles. The van der Waals surface area contributed by atoms with Crippen LogP contribution in [0.15, 0.2) is 24.5 Å². The van der Waals surface area contributed by atoms with E-state index in [2.05, 4.69) is 15.3 Å². The Balaban J connectivity index is 2.46. The van der Waals surface area contributed by atoms with Gasteiger partial charge in [-0.2, -0.15) is 0 Å². The van der Waals surface area contributed by atoms with Crippen LogP contribution in [0.3, 0.4) is 0 Å². The zero-order chi connectivity index (χ0) is 14.7. The minimum absolute atomic E-state index is 0.154. The predicted molar refractivity (Wildman–Crippen MR) is 76.9 cm³/mol. The number of nitrogens with one attached hydrogen (secondary N) is 1. The molecule has 1 aromatic heterocycles. The fraction of sp³-hybridized carbons (Fsp3) is 0.333. The Hall–Kier alpha value is -2.17. The molecule has 0 saturated carbocycles. The van der Waals surface area contributed by atoms with E-state index in [1.807, 2.05) is 13.8 Å². The Morgan fingerprint density at radius 3 is 2.65 bits per heavy atom. The van der Waals surface area contributed by atoms with E-state index in [1.165, 1.54) is 6.33 Å². The van der Waals surface area contributed by atoms with E-state index in [0.717, 1.165) is 5.56 Å². The molecular weight excluding hydrogens is 257 g/mol. The van der Waals surface area contributed by atoms with Crippen LogP contribution in [0.2, 0.25) is 0 Å². The first-order valence-electron chi connectivity index (χ1n) is 6.50. The van der Waals surface area contributed by atoms with E-state index < -0.39 is 0 Å². The number of aryl methyl sites for hydroxylation is 1. The number of rotatable bonds is 4. The number of ether oxygens (including phenoxy) is 1. The summed E-state index contributed by atoms with van der Waals surface area (Å²) < 4.78 is 19.7. The van der Waals surface area contributed by atoms with E-state index in [-0.39, 0.29) is 17.5 Å². The maximum Gasteiger partial charge on any atom is 0.228 e. The Labute approximate surface area is 118 Å². The van der Waals surface area contributed by atoms with Crippen LogP contribution in [-0.4, -0.2) is 17.0 Å². The first kappa shape index (κ1) is 14.2. The molecule has 0 atom stereocenters. The Morgan fingerprint density at radius 1 is 1.25 bits per heavy atom. The molecule has 0 radical (unpaired) electrons. The number of hydrogen-bond acceptors (Lipinski definition) is 4. The van der Waals surface area contributed by atoms with Gasteiger partial charge in [0, 0.05) is 7.05 Å². The van der Waals surface area contributed by atoms with Crippen molar-refractivity contribution in [3.63, 3.8) is 0 Å². The zero-order valence-corrected chi connectivity index (χ0v) is 12.1. The Morgan fingerprint density at radius 2 is 2.00 bits per heavy atom. The van der Waals surface area contributed by atoms with Crippen LogP contribution >= 0.6 is 0 Å². The molecule has 5 heteroatoms. The minimum Gasteiger partial charge on any atom is -0.435 e. The van der Waals surface area contributed by atoms with Crippen molar-refractivity contribution in [3.05, 3.63) is 41.5 Å². The van der Waals surface area contributed by atoms with Crippen molar-refractivity contribution in [2.24, 2.45) is 0 Å². The van der Waals surface area contributed by atoms with Crippen molar-refractivity contribution >= 4 is 5.82 Å². The van der Waals surface area contributed by atoms with Crippen molar-refractivity contribution in [3.8, 4) is 11.6 Å². The summed E-state index contributed by atoms with van der Waals surface area (Å²) >= 11 is 0. The molecular formula is C15H18FN3O. The summed E-state index contributed by atoms with van der Waals surface area (Å²) in [5.41, 5.74) is 1.37. The molecule has 4 nitrogen and oxygen atoms in total. The monoisotopic (exact) mass is 275 g/mol. The molecule has 20 heavy (non-hydrogen) atoms. The second-order valence-electron chi connectivity index (χ2n) is 4.83. The van der Waals surface area contributed by atoms with Gasteiger partial charge in [0.1, 0.15) is 12.1 Å². The number of anilines is 1. The second-order valence-corrected chi connectivity index (χ2v) is 4.83. The molecule has 0 bridgehead atoms. The van der Waals surface area contributed by atoms with Crippen LogP contribution in [-0.2, 0) is 0 Å². The minimum atomic E-state index is -0.369. The summed E-state index contributed by atoms with van der Waals surface area (Å²) in [5.74, 6) is 1.03. The van der Waals surface area contributed by atoms with Gasteiger partial charge in [-0.1, -0.05) is 26.0 Å². The molecule has 1 aromatic carbocycles. The van der Waals surface area contributed by atoms with Crippen molar-refractivity contribution < 1.29 is 9.13 Å². The molecule has 0 aliphatic carbocycles. The molecule has 2 rings (SSSR count). The van der Waals surface area contributed by atoms with Gasteiger partial charge in [-0.25, -0.2) is 14.4 Å². The number of aromatic nitrogens is 2. The second kappa shape index (κ2) is 5.86. The lowest BCUT2D eigenvalue weighted by Gasteiger charge is -2.16. The third-order valence-corrected chi connectivity index (χ3v) is 3.02. The number of hydrogen-bond donors (Lipinski definition) is 1. The van der Waals surface area contributed by atoms with Gasteiger partial charge in [-0.3, -0.25) is 0 Å². The van der Waals surface area contributed by atoms with E-state index in [9.17, 15) is 4.39 Å². The molecule has 0 fully saturated rings. The fourth-order valence-corrected chi connectivity index (χ4v) is 1.98. The van der Waals surface area contributed by atoms with Gasteiger partial charge < -0.3 is 10.1 Å². The van der Waals surface area contributed by atoms with Crippen molar-refractivity contribution in [1.82, 2.24) is 9.97 Å². The molecule has 106 valence electrons. The topological polar surface area (TPSA) is 47.0 Å². The van der Waals surface area contributed by atoms with E-state index in [1.54, 1.807) is 32.2 Å². The molecule has 0 aliphatic heterocycles. The molecule has 0 amide bonds. The number of halogens is 1. The summed E-state index contributed by atoms with van der Waals surface area (Å²) in [7, 11) is 1.78. The molecule has 0 aliphatic rings. The van der Waals surface area contributed by atoms with Crippen LogP contribution in [0.5, 0.6) is 11.6 Å². The standard InChI is InChI=1S/C15H18FN3O/c1-9(2)12-14(17-4)18-8-19-15(12)20-11-7-5-6-10(3)13(11)16/h5-9H,1-4H3,(H,17,18,19). The van der Waals surface area contributed by atoms with E-state index in [4.69, 9.17) is 4.74 Å². The largest absolute Gasteiger partial charge is 0.435 e. The summed E-state index contributed by atoms with van der Waals surface area (Å²) in [6, 6.07) is 5.04. The van der Waals surface area contributed by atoms with E-state index >= 15 is 0 Å². The van der Waals surface area contributed by atoms with Crippen molar-refractivity contribution in [2.75, 3.05) is 12.4 Å². The highest BCUT2D eigenvalue weighted by molar-refractivity contribution is 5.51. The van der Waals surface area contributed by atoms with Gasteiger partial charge in [-0.15, -0.1) is 0 Å². The van der Waals surface area contributed by atoms with Crippen LogP contribution in [0, 0.1) is 12.7 Å². The quantitative estimate of drug-likeness (QED) is 0.919. The SMILES string of the molecule is CNc1ncnc(Oc2cccc(C)c2F)c1C(C)C. The summed E-state index contributed by atoms with van der Waals surface area (Å²) in [6.07, 6.45) is 1.40. The number of benzene rings is 1. The fourth-order valence-electron chi connectivity index (χ4n) is 1.98.